The highest BCUT2D eigenvalue weighted by Crippen LogP contribution is 2.43. The predicted molar refractivity (Wildman–Crippen MR) is 127 cm³/mol. The van der Waals surface area contributed by atoms with Gasteiger partial charge in [-0.3, -0.25) is 0 Å². The second kappa shape index (κ2) is 11.4. The summed E-state index contributed by atoms with van der Waals surface area (Å²) in [5, 5.41) is 10.7. The molecule has 2 aromatic rings. The quantitative estimate of drug-likeness (QED) is 0.385. The van der Waals surface area contributed by atoms with Crippen LogP contribution >= 0.6 is 0 Å². The van der Waals surface area contributed by atoms with E-state index in [0.717, 1.165) is 18.4 Å². The minimum Gasteiger partial charge on any atom is -0.508 e. The third-order valence-electron chi connectivity index (χ3n) is 6.69. The summed E-state index contributed by atoms with van der Waals surface area (Å²) < 4.78 is 0. The summed E-state index contributed by atoms with van der Waals surface area (Å²) in [7, 11) is 0. The molecular weight excluding hydrogens is 352 g/mol. The number of rotatable bonds is 12. The molecule has 160 valence electrons. The van der Waals surface area contributed by atoms with Gasteiger partial charge in [-0.1, -0.05) is 84.2 Å². The molecular formula is C28H42O. The number of unbranched alkanes of at least 4 members (excludes halogenated alkanes) is 3. The molecule has 1 atom stereocenters. The van der Waals surface area contributed by atoms with Crippen LogP contribution in [-0.2, 0) is 24.7 Å². The van der Waals surface area contributed by atoms with Crippen molar-refractivity contribution < 1.29 is 5.11 Å². The van der Waals surface area contributed by atoms with Gasteiger partial charge in [0.1, 0.15) is 5.75 Å². The monoisotopic (exact) mass is 394 g/mol. The molecule has 1 heteroatoms. The summed E-state index contributed by atoms with van der Waals surface area (Å²) in [5.41, 5.74) is 7.07. The molecule has 0 aromatic heterocycles. The summed E-state index contributed by atoms with van der Waals surface area (Å²) in [6.45, 7) is 11.4. The van der Waals surface area contributed by atoms with Crippen molar-refractivity contribution in [2.75, 3.05) is 0 Å². The summed E-state index contributed by atoms with van der Waals surface area (Å²) in [6, 6.07) is 12.7. The molecule has 0 aliphatic heterocycles. The van der Waals surface area contributed by atoms with Crippen LogP contribution in [0.1, 0.15) is 107 Å². The van der Waals surface area contributed by atoms with Crippen molar-refractivity contribution in [3.8, 4) is 5.75 Å². The molecule has 0 aliphatic carbocycles. The minimum atomic E-state index is -0.168. The maximum absolute atomic E-state index is 10.7. The Balaban J connectivity index is 2.69. The number of aromatic hydroxyl groups is 1. The summed E-state index contributed by atoms with van der Waals surface area (Å²) in [4.78, 5) is 0. The van der Waals surface area contributed by atoms with Gasteiger partial charge in [0.05, 0.1) is 0 Å². The standard InChI is InChI=1S/C28H42O/c1-6-10-15-22-20-21-25(24(17-12-8-3)23(22)16-11-7-2)28(5,9-4)26-18-13-14-19-27(26)29/h13-14,18-21,29H,6-12,15-17H2,1-5H3. The molecule has 1 nitrogen and oxygen atoms in total. The average molecular weight is 395 g/mol. The van der Waals surface area contributed by atoms with E-state index in [1.807, 2.05) is 12.1 Å². The predicted octanol–water partition coefficient (Wildman–Crippen LogP) is 8.14. The van der Waals surface area contributed by atoms with Crippen LogP contribution in [0.3, 0.4) is 0 Å². The molecule has 0 fully saturated rings. The van der Waals surface area contributed by atoms with Crippen molar-refractivity contribution in [3.63, 3.8) is 0 Å². The smallest absolute Gasteiger partial charge is 0.119 e. The minimum absolute atomic E-state index is 0.168. The molecule has 0 saturated carbocycles. The maximum Gasteiger partial charge on any atom is 0.119 e. The molecule has 0 radical (unpaired) electrons. The first-order valence-corrected chi connectivity index (χ1v) is 12.0. The van der Waals surface area contributed by atoms with Crippen molar-refractivity contribution in [3.05, 3.63) is 64.2 Å². The molecule has 0 amide bonds. The van der Waals surface area contributed by atoms with Crippen LogP contribution in [0.4, 0.5) is 0 Å². The lowest BCUT2D eigenvalue weighted by Crippen LogP contribution is -2.26. The summed E-state index contributed by atoms with van der Waals surface area (Å²) in [5.74, 6) is 0.420. The molecule has 1 N–H and O–H groups in total. The Morgan fingerprint density at radius 3 is 1.86 bits per heavy atom. The van der Waals surface area contributed by atoms with E-state index in [9.17, 15) is 5.11 Å². The Hall–Kier alpha value is -1.76. The zero-order chi connectivity index (χ0) is 21.3. The van der Waals surface area contributed by atoms with Crippen LogP contribution in [0.15, 0.2) is 36.4 Å². The normalized spacial score (nSPS) is 13.4. The average Bonchev–Trinajstić information content (AvgIpc) is 2.74. The lowest BCUT2D eigenvalue weighted by molar-refractivity contribution is 0.440. The number of para-hydroxylation sites is 1. The van der Waals surface area contributed by atoms with Crippen LogP contribution in [0.25, 0.3) is 0 Å². The zero-order valence-electron chi connectivity index (χ0n) is 19.5. The van der Waals surface area contributed by atoms with Crippen molar-refractivity contribution >= 4 is 0 Å². The highest BCUT2D eigenvalue weighted by atomic mass is 16.3. The van der Waals surface area contributed by atoms with E-state index in [-0.39, 0.29) is 5.41 Å². The van der Waals surface area contributed by atoms with E-state index in [1.165, 1.54) is 56.9 Å². The van der Waals surface area contributed by atoms with Gasteiger partial charge in [0.15, 0.2) is 0 Å². The second-order valence-electron chi connectivity index (χ2n) is 8.74. The number of phenolic OH excluding ortho intramolecular Hbond substituents is 1. The van der Waals surface area contributed by atoms with Crippen LogP contribution in [0, 0.1) is 0 Å². The van der Waals surface area contributed by atoms with Gasteiger partial charge < -0.3 is 5.11 Å². The van der Waals surface area contributed by atoms with Gasteiger partial charge in [0.25, 0.3) is 0 Å². The maximum atomic E-state index is 10.7. The third kappa shape index (κ3) is 5.44. The molecule has 0 saturated heterocycles. The number of phenols is 1. The summed E-state index contributed by atoms with van der Waals surface area (Å²) in [6.07, 6.45) is 11.9. The lowest BCUT2D eigenvalue weighted by Gasteiger charge is -2.34. The Morgan fingerprint density at radius 1 is 0.690 bits per heavy atom. The molecule has 2 aromatic carbocycles. The molecule has 0 bridgehead atoms. The van der Waals surface area contributed by atoms with Gasteiger partial charge in [0.2, 0.25) is 0 Å². The molecule has 0 heterocycles. The highest BCUT2D eigenvalue weighted by molar-refractivity contribution is 5.52. The van der Waals surface area contributed by atoms with Gasteiger partial charge in [-0.25, -0.2) is 0 Å². The molecule has 1 unspecified atom stereocenters. The Kier molecular flexibility index (Phi) is 9.27. The van der Waals surface area contributed by atoms with Gasteiger partial charge in [-0.2, -0.15) is 0 Å². The van der Waals surface area contributed by atoms with Crippen molar-refractivity contribution in [1.29, 1.82) is 0 Å². The SMILES string of the molecule is CCCCc1ccc(C(C)(CC)c2ccccc2O)c(CCCC)c1CCCC. The van der Waals surface area contributed by atoms with Crippen LogP contribution in [0.5, 0.6) is 5.75 Å². The number of hydrogen-bond donors (Lipinski definition) is 1. The van der Waals surface area contributed by atoms with Gasteiger partial charge in [-0.15, -0.1) is 0 Å². The molecule has 29 heavy (non-hydrogen) atoms. The fourth-order valence-electron chi connectivity index (χ4n) is 4.63. The van der Waals surface area contributed by atoms with Crippen molar-refractivity contribution in [2.24, 2.45) is 0 Å². The topological polar surface area (TPSA) is 20.2 Å². The number of hydrogen-bond acceptors (Lipinski definition) is 1. The van der Waals surface area contributed by atoms with E-state index in [2.05, 4.69) is 58.9 Å². The largest absolute Gasteiger partial charge is 0.508 e. The van der Waals surface area contributed by atoms with Gasteiger partial charge in [0, 0.05) is 11.0 Å². The van der Waals surface area contributed by atoms with E-state index in [0.29, 0.717) is 5.75 Å². The number of benzene rings is 2. The van der Waals surface area contributed by atoms with Gasteiger partial charge in [-0.05, 0) is 73.3 Å². The van der Waals surface area contributed by atoms with Crippen LogP contribution in [0.2, 0.25) is 0 Å². The fourth-order valence-corrected chi connectivity index (χ4v) is 4.63. The Labute approximate surface area is 179 Å². The van der Waals surface area contributed by atoms with E-state index in [1.54, 1.807) is 16.7 Å². The zero-order valence-corrected chi connectivity index (χ0v) is 19.5. The molecule has 2 rings (SSSR count). The first-order valence-electron chi connectivity index (χ1n) is 12.0. The third-order valence-corrected chi connectivity index (χ3v) is 6.69. The van der Waals surface area contributed by atoms with Crippen LogP contribution < -0.4 is 0 Å². The summed E-state index contributed by atoms with van der Waals surface area (Å²) >= 11 is 0. The lowest BCUT2D eigenvalue weighted by atomic mass is 9.70. The van der Waals surface area contributed by atoms with Crippen molar-refractivity contribution in [1.82, 2.24) is 0 Å². The van der Waals surface area contributed by atoms with E-state index in [4.69, 9.17) is 0 Å². The Morgan fingerprint density at radius 2 is 1.28 bits per heavy atom. The molecule has 0 spiro atoms. The fraction of sp³-hybridized carbons (Fsp3) is 0.571. The highest BCUT2D eigenvalue weighted by Gasteiger charge is 2.32. The van der Waals surface area contributed by atoms with Gasteiger partial charge >= 0.3 is 0 Å². The second-order valence-corrected chi connectivity index (χ2v) is 8.74. The van der Waals surface area contributed by atoms with E-state index >= 15 is 0 Å². The Bertz CT molecular complexity index is 761. The molecule has 0 aliphatic rings. The van der Waals surface area contributed by atoms with Crippen molar-refractivity contribution in [2.45, 2.75) is 104 Å². The van der Waals surface area contributed by atoms with E-state index < -0.39 is 0 Å². The number of aryl methyl sites for hydroxylation is 1. The van der Waals surface area contributed by atoms with Crippen LogP contribution in [-0.4, -0.2) is 5.11 Å². The first kappa shape index (κ1) is 23.5. The first-order chi connectivity index (χ1) is 14.0.